The van der Waals surface area contributed by atoms with Crippen LogP contribution >= 0.6 is 0 Å². The fourth-order valence-corrected chi connectivity index (χ4v) is 4.27. The van der Waals surface area contributed by atoms with Crippen LogP contribution in [0.1, 0.15) is 41.1 Å². The minimum absolute atomic E-state index is 0.153. The molecule has 2 aromatic heterocycles. The molecule has 17 heteroatoms. The Morgan fingerprint density at radius 1 is 1.04 bits per heavy atom. The lowest BCUT2D eigenvalue weighted by atomic mass is 10.1. The van der Waals surface area contributed by atoms with Crippen LogP contribution in [-0.4, -0.2) is 49.9 Å². The van der Waals surface area contributed by atoms with Gasteiger partial charge in [-0.15, -0.1) is 18.3 Å². The molecule has 0 aliphatic heterocycles. The first-order chi connectivity index (χ1) is 22.3. The van der Waals surface area contributed by atoms with Crippen molar-refractivity contribution < 1.29 is 45.8 Å². The number of esters is 1. The van der Waals surface area contributed by atoms with E-state index in [0.29, 0.717) is 11.1 Å². The van der Waals surface area contributed by atoms with E-state index in [1.54, 1.807) is 18.2 Å². The van der Waals surface area contributed by atoms with Crippen molar-refractivity contribution in [2.24, 2.45) is 0 Å². The Labute approximate surface area is 263 Å². The van der Waals surface area contributed by atoms with E-state index in [9.17, 15) is 41.1 Å². The van der Waals surface area contributed by atoms with Crippen molar-refractivity contribution in [3.8, 4) is 5.75 Å². The highest BCUT2D eigenvalue weighted by molar-refractivity contribution is 5.96. The molecule has 0 bridgehead atoms. The summed E-state index contributed by atoms with van der Waals surface area (Å²) in [5.74, 6) is -4.12. The number of halogens is 5. The van der Waals surface area contributed by atoms with Crippen molar-refractivity contribution >= 4 is 23.5 Å². The van der Waals surface area contributed by atoms with Gasteiger partial charge in [0.1, 0.15) is 11.9 Å². The SMILES string of the molecule is CC(=O)O[C@@H](C(=O)Nc1ccn(CCC(F)Cn2cc(C(=O)NCc3cccc(OC(F)(F)F)c3)nn2)c(=O)c1F)c1ccccc1. The number of anilines is 1. The van der Waals surface area contributed by atoms with Crippen molar-refractivity contribution in [1.82, 2.24) is 24.9 Å². The summed E-state index contributed by atoms with van der Waals surface area (Å²) in [5, 5.41) is 12.1. The average molecular weight is 663 g/mol. The van der Waals surface area contributed by atoms with Crippen LogP contribution in [0, 0.1) is 5.82 Å². The number of hydrogen-bond acceptors (Lipinski definition) is 8. The summed E-state index contributed by atoms with van der Waals surface area (Å²) in [7, 11) is 0. The third kappa shape index (κ3) is 9.94. The number of aromatic nitrogens is 4. The molecule has 0 aliphatic carbocycles. The van der Waals surface area contributed by atoms with E-state index in [-0.39, 0.29) is 31.7 Å². The Morgan fingerprint density at radius 2 is 1.79 bits per heavy atom. The number of pyridine rings is 1. The van der Waals surface area contributed by atoms with E-state index in [4.69, 9.17) is 4.74 Å². The van der Waals surface area contributed by atoms with Crippen molar-refractivity contribution in [2.45, 2.75) is 51.6 Å². The summed E-state index contributed by atoms with van der Waals surface area (Å²) in [5.41, 5.74) is -1.13. The van der Waals surface area contributed by atoms with Crippen molar-refractivity contribution in [3.05, 3.63) is 106 Å². The molecule has 4 rings (SSSR count). The second kappa shape index (κ2) is 15.1. The zero-order chi connectivity index (χ0) is 34.1. The number of nitrogens with zero attached hydrogens (tertiary/aromatic N) is 4. The molecule has 47 heavy (non-hydrogen) atoms. The van der Waals surface area contributed by atoms with Crippen LogP contribution in [0.25, 0.3) is 0 Å². The van der Waals surface area contributed by atoms with Gasteiger partial charge in [-0.2, -0.15) is 4.39 Å². The van der Waals surface area contributed by atoms with Gasteiger partial charge >= 0.3 is 12.3 Å². The number of carbonyl (C=O) groups excluding carboxylic acids is 3. The van der Waals surface area contributed by atoms with Gasteiger partial charge in [0.05, 0.1) is 18.4 Å². The molecule has 248 valence electrons. The topological polar surface area (TPSA) is 146 Å². The van der Waals surface area contributed by atoms with Crippen LogP contribution in [-0.2, 0) is 34.0 Å². The molecule has 4 aromatic rings. The number of carbonyl (C=O) groups is 3. The number of aryl methyl sites for hydroxylation is 1. The number of rotatable bonds is 13. The van der Waals surface area contributed by atoms with E-state index in [2.05, 4.69) is 25.7 Å². The Balaban J connectivity index is 1.29. The third-order valence-corrected chi connectivity index (χ3v) is 6.41. The number of ether oxygens (including phenoxy) is 2. The molecule has 1 unspecified atom stereocenters. The fraction of sp³-hybridized carbons (Fsp3) is 0.267. The molecule has 2 amide bonds. The summed E-state index contributed by atoms with van der Waals surface area (Å²) in [6, 6.07) is 14.1. The van der Waals surface area contributed by atoms with Gasteiger partial charge in [0.25, 0.3) is 17.4 Å². The quantitative estimate of drug-likeness (QED) is 0.161. The lowest BCUT2D eigenvalue weighted by Crippen LogP contribution is -2.29. The lowest BCUT2D eigenvalue weighted by Gasteiger charge is -2.17. The number of benzene rings is 2. The molecule has 12 nitrogen and oxygen atoms in total. The lowest BCUT2D eigenvalue weighted by molar-refractivity contribution is -0.274. The zero-order valence-electron chi connectivity index (χ0n) is 24.5. The van der Waals surface area contributed by atoms with Gasteiger partial charge in [-0.05, 0) is 30.2 Å². The van der Waals surface area contributed by atoms with E-state index in [1.807, 2.05) is 0 Å². The van der Waals surface area contributed by atoms with Gasteiger partial charge < -0.3 is 24.7 Å². The molecule has 0 saturated heterocycles. The first kappa shape index (κ1) is 34.3. The minimum Gasteiger partial charge on any atom is -0.447 e. The first-order valence-electron chi connectivity index (χ1n) is 13.9. The highest BCUT2D eigenvalue weighted by Crippen LogP contribution is 2.24. The Hall–Kier alpha value is -5.61. The largest absolute Gasteiger partial charge is 0.573 e. The standard InChI is InChI=1S/C30H27F5N6O6/c1-18(42)46-26(20-7-3-2-4-8-20)28(44)37-23-11-13-40(29(45)25(23)32)12-10-21(31)16-41-17-24(38-39-41)27(43)36-15-19-6-5-9-22(14-19)47-30(33,34)35/h2-9,11,13-14,17,21,26H,10,12,15-16H2,1H3,(H,36,43)(H,37,44)/t21?,26-/m1/s1. The highest BCUT2D eigenvalue weighted by atomic mass is 19.4. The maximum absolute atomic E-state index is 14.9. The molecular weight excluding hydrogens is 635 g/mol. The molecule has 2 heterocycles. The minimum atomic E-state index is -4.87. The summed E-state index contributed by atoms with van der Waals surface area (Å²) >= 11 is 0. The predicted molar refractivity (Wildman–Crippen MR) is 154 cm³/mol. The Kier molecular flexibility index (Phi) is 11.0. The van der Waals surface area contributed by atoms with Crippen LogP contribution in [0.4, 0.5) is 27.6 Å². The molecule has 2 aromatic carbocycles. The van der Waals surface area contributed by atoms with Crippen LogP contribution in [0.5, 0.6) is 5.75 Å². The summed E-state index contributed by atoms with van der Waals surface area (Å²) < 4.78 is 77.8. The number of nitrogens with one attached hydrogen (secondary N) is 2. The van der Waals surface area contributed by atoms with E-state index >= 15 is 0 Å². The summed E-state index contributed by atoms with van der Waals surface area (Å²) in [4.78, 5) is 49.3. The van der Waals surface area contributed by atoms with Crippen LogP contribution in [0.2, 0.25) is 0 Å². The summed E-state index contributed by atoms with van der Waals surface area (Å²) in [6.45, 7) is 0.346. The monoisotopic (exact) mass is 662 g/mol. The van der Waals surface area contributed by atoms with E-state index < -0.39 is 59.2 Å². The molecule has 2 atom stereocenters. The molecule has 0 saturated carbocycles. The summed E-state index contributed by atoms with van der Waals surface area (Å²) in [6.07, 6.45) is -5.80. The van der Waals surface area contributed by atoms with Crippen LogP contribution in [0.3, 0.4) is 0 Å². The highest BCUT2D eigenvalue weighted by Gasteiger charge is 2.31. The number of alkyl halides is 4. The van der Waals surface area contributed by atoms with Crippen molar-refractivity contribution in [2.75, 3.05) is 5.32 Å². The molecule has 2 N–H and O–H groups in total. The van der Waals surface area contributed by atoms with E-state index in [0.717, 1.165) is 40.6 Å². The normalized spacial score (nSPS) is 12.6. The van der Waals surface area contributed by atoms with Gasteiger partial charge in [-0.3, -0.25) is 19.2 Å². The van der Waals surface area contributed by atoms with Crippen LogP contribution < -0.4 is 20.9 Å². The average Bonchev–Trinajstić information content (AvgIpc) is 3.48. The van der Waals surface area contributed by atoms with Gasteiger partial charge in [0, 0.05) is 31.8 Å². The van der Waals surface area contributed by atoms with Gasteiger partial charge in [-0.1, -0.05) is 47.7 Å². The number of amides is 2. The van der Waals surface area contributed by atoms with Gasteiger partial charge in [0.2, 0.25) is 11.9 Å². The maximum atomic E-state index is 14.9. The Bertz CT molecular complexity index is 1780. The molecular formula is C30H27F5N6O6. The second-order valence-electron chi connectivity index (χ2n) is 10.0. The molecule has 0 spiro atoms. The van der Waals surface area contributed by atoms with Crippen molar-refractivity contribution in [3.63, 3.8) is 0 Å². The third-order valence-electron chi connectivity index (χ3n) is 6.41. The van der Waals surface area contributed by atoms with Crippen LogP contribution in [0.15, 0.2) is 77.9 Å². The Morgan fingerprint density at radius 3 is 2.49 bits per heavy atom. The number of hydrogen-bond donors (Lipinski definition) is 2. The van der Waals surface area contributed by atoms with Gasteiger partial charge in [-0.25, -0.2) is 9.07 Å². The zero-order valence-corrected chi connectivity index (χ0v) is 24.5. The van der Waals surface area contributed by atoms with Crippen molar-refractivity contribution in [1.29, 1.82) is 0 Å². The second-order valence-corrected chi connectivity index (χ2v) is 10.0. The smallest absolute Gasteiger partial charge is 0.447 e. The fourth-order valence-electron chi connectivity index (χ4n) is 4.27. The maximum Gasteiger partial charge on any atom is 0.573 e. The van der Waals surface area contributed by atoms with Gasteiger partial charge in [0.15, 0.2) is 5.69 Å². The molecule has 0 fully saturated rings. The molecule has 0 radical (unpaired) electrons. The molecule has 0 aliphatic rings. The van der Waals surface area contributed by atoms with E-state index in [1.165, 1.54) is 30.5 Å². The first-order valence-corrected chi connectivity index (χ1v) is 13.9. The predicted octanol–water partition coefficient (Wildman–Crippen LogP) is 4.08.